The first-order chi connectivity index (χ1) is 6.11. The Balaban J connectivity index is 3.39. The first kappa shape index (κ1) is 10.7. The second-order valence-electron chi connectivity index (χ2n) is 3.08. The van der Waals surface area contributed by atoms with Gasteiger partial charge in [0.05, 0.1) is 11.8 Å². The standard InChI is InChI=1S/C10H12Cl2O/c1-6-3-7(2)9(5-12)10(13)8(6)4-11/h3,13H,4-5H2,1-2H3. The van der Waals surface area contributed by atoms with Crippen molar-refractivity contribution in [3.05, 3.63) is 28.3 Å². The van der Waals surface area contributed by atoms with Gasteiger partial charge in [0.25, 0.3) is 0 Å². The number of phenolic OH excluding ortho intramolecular Hbond substituents is 1. The third-order valence-electron chi connectivity index (χ3n) is 2.22. The fourth-order valence-electron chi connectivity index (χ4n) is 1.39. The Bertz CT molecular complexity index is 293. The summed E-state index contributed by atoms with van der Waals surface area (Å²) < 4.78 is 0. The molecule has 0 atom stereocenters. The van der Waals surface area contributed by atoms with Crippen molar-refractivity contribution in [2.45, 2.75) is 25.6 Å². The Morgan fingerprint density at radius 2 is 1.46 bits per heavy atom. The lowest BCUT2D eigenvalue weighted by atomic mass is 10.0. The molecule has 0 aliphatic rings. The summed E-state index contributed by atoms with van der Waals surface area (Å²) in [6.07, 6.45) is 0. The minimum Gasteiger partial charge on any atom is -0.507 e. The molecule has 0 amide bonds. The van der Waals surface area contributed by atoms with Gasteiger partial charge >= 0.3 is 0 Å². The van der Waals surface area contributed by atoms with Gasteiger partial charge in [-0.2, -0.15) is 0 Å². The van der Waals surface area contributed by atoms with Gasteiger partial charge in [-0.3, -0.25) is 0 Å². The number of alkyl halides is 2. The van der Waals surface area contributed by atoms with Crippen LogP contribution in [-0.2, 0) is 11.8 Å². The molecule has 72 valence electrons. The maximum absolute atomic E-state index is 9.78. The lowest BCUT2D eigenvalue weighted by Crippen LogP contribution is -1.94. The molecule has 0 aliphatic heterocycles. The van der Waals surface area contributed by atoms with E-state index in [2.05, 4.69) is 0 Å². The van der Waals surface area contributed by atoms with E-state index in [1.54, 1.807) is 0 Å². The van der Waals surface area contributed by atoms with Gasteiger partial charge in [0.1, 0.15) is 5.75 Å². The molecule has 0 aromatic heterocycles. The Labute approximate surface area is 88.3 Å². The van der Waals surface area contributed by atoms with Gasteiger partial charge < -0.3 is 5.11 Å². The Hall–Kier alpha value is -0.400. The van der Waals surface area contributed by atoms with Crippen molar-refractivity contribution in [1.82, 2.24) is 0 Å². The predicted molar refractivity (Wildman–Crippen MR) is 56.7 cm³/mol. The van der Waals surface area contributed by atoms with Crippen LogP contribution in [0, 0.1) is 13.8 Å². The van der Waals surface area contributed by atoms with Crippen LogP contribution in [-0.4, -0.2) is 5.11 Å². The van der Waals surface area contributed by atoms with Crippen molar-refractivity contribution < 1.29 is 5.11 Å². The summed E-state index contributed by atoms with van der Waals surface area (Å²) in [5.74, 6) is 0.895. The average Bonchev–Trinajstić information content (AvgIpc) is 2.04. The van der Waals surface area contributed by atoms with Crippen LogP contribution in [0.5, 0.6) is 5.75 Å². The van der Waals surface area contributed by atoms with Crippen molar-refractivity contribution in [2.24, 2.45) is 0 Å². The molecule has 0 spiro atoms. The lowest BCUT2D eigenvalue weighted by Gasteiger charge is -2.12. The van der Waals surface area contributed by atoms with Crippen LogP contribution < -0.4 is 0 Å². The van der Waals surface area contributed by atoms with E-state index in [1.165, 1.54) is 0 Å². The zero-order chi connectivity index (χ0) is 10.0. The number of benzene rings is 1. The Kier molecular flexibility index (Phi) is 3.46. The Morgan fingerprint density at radius 3 is 1.77 bits per heavy atom. The number of aromatic hydroxyl groups is 1. The van der Waals surface area contributed by atoms with E-state index in [0.717, 1.165) is 22.3 Å². The number of halogens is 2. The number of hydrogen-bond donors (Lipinski definition) is 1. The van der Waals surface area contributed by atoms with Crippen molar-refractivity contribution in [3.8, 4) is 5.75 Å². The number of phenols is 1. The highest BCUT2D eigenvalue weighted by Gasteiger charge is 2.11. The molecule has 0 radical (unpaired) electrons. The van der Waals surface area contributed by atoms with Crippen molar-refractivity contribution in [2.75, 3.05) is 0 Å². The van der Waals surface area contributed by atoms with Crippen LogP contribution in [0.15, 0.2) is 6.07 Å². The molecule has 0 bridgehead atoms. The summed E-state index contributed by atoms with van der Waals surface area (Å²) in [7, 11) is 0. The molecular weight excluding hydrogens is 207 g/mol. The maximum atomic E-state index is 9.78. The second-order valence-corrected chi connectivity index (χ2v) is 3.62. The van der Waals surface area contributed by atoms with Crippen molar-refractivity contribution in [1.29, 1.82) is 0 Å². The minimum atomic E-state index is 0.252. The number of hydrogen-bond acceptors (Lipinski definition) is 1. The summed E-state index contributed by atoms with van der Waals surface area (Å²) in [6.45, 7) is 3.87. The van der Waals surface area contributed by atoms with E-state index in [9.17, 15) is 5.11 Å². The second kappa shape index (κ2) is 4.21. The topological polar surface area (TPSA) is 20.2 Å². The molecule has 0 saturated carbocycles. The van der Waals surface area contributed by atoms with Gasteiger partial charge in [-0.15, -0.1) is 23.2 Å². The quantitative estimate of drug-likeness (QED) is 0.755. The fourth-order valence-corrected chi connectivity index (χ4v) is 2.07. The predicted octanol–water partition coefficient (Wildman–Crippen LogP) is 3.49. The third-order valence-corrected chi connectivity index (χ3v) is 2.76. The van der Waals surface area contributed by atoms with Gasteiger partial charge in [0.2, 0.25) is 0 Å². The summed E-state index contributed by atoms with van der Waals surface area (Å²) in [5.41, 5.74) is 3.59. The van der Waals surface area contributed by atoms with Crippen LogP contribution in [0.2, 0.25) is 0 Å². The number of rotatable bonds is 2. The highest BCUT2D eigenvalue weighted by Crippen LogP contribution is 2.31. The van der Waals surface area contributed by atoms with Gasteiger partial charge in [-0.1, -0.05) is 6.07 Å². The fraction of sp³-hybridized carbons (Fsp3) is 0.400. The molecule has 0 fully saturated rings. The van der Waals surface area contributed by atoms with E-state index < -0.39 is 0 Å². The van der Waals surface area contributed by atoms with Gasteiger partial charge in [-0.25, -0.2) is 0 Å². The van der Waals surface area contributed by atoms with Crippen LogP contribution in [0.4, 0.5) is 0 Å². The zero-order valence-electron chi connectivity index (χ0n) is 7.69. The van der Waals surface area contributed by atoms with Gasteiger partial charge in [0, 0.05) is 11.1 Å². The van der Waals surface area contributed by atoms with E-state index in [1.807, 2.05) is 19.9 Å². The normalized spacial score (nSPS) is 10.5. The SMILES string of the molecule is Cc1cc(C)c(CCl)c(O)c1CCl. The first-order valence-electron chi connectivity index (χ1n) is 4.04. The molecule has 1 N–H and O–H groups in total. The smallest absolute Gasteiger partial charge is 0.124 e. The summed E-state index contributed by atoms with van der Waals surface area (Å²) in [4.78, 5) is 0. The molecule has 3 heteroatoms. The maximum Gasteiger partial charge on any atom is 0.124 e. The molecular formula is C10H12Cl2O. The van der Waals surface area contributed by atoms with Crippen LogP contribution in [0.1, 0.15) is 22.3 Å². The molecule has 1 rings (SSSR count). The molecule has 1 nitrogen and oxygen atoms in total. The molecule has 1 aromatic carbocycles. The monoisotopic (exact) mass is 218 g/mol. The van der Waals surface area contributed by atoms with Crippen molar-refractivity contribution in [3.63, 3.8) is 0 Å². The van der Waals surface area contributed by atoms with Crippen LogP contribution in [0.25, 0.3) is 0 Å². The summed E-state index contributed by atoms with van der Waals surface area (Å²) in [5, 5.41) is 9.78. The average molecular weight is 219 g/mol. The lowest BCUT2D eigenvalue weighted by molar-refractivity contribution is 0.464. The molecule has 0 aliphatic carbocycles. The molecule has 0 unspecified atom stereocenters. The highest BCUT2D eigenvalue weighted by molar-refractivity contribution is 6.18. The third kappa shape index (κ3) is 1.92. The Morgan fingerprint density at radius 1 is 1.08 bits per heavy atom. The highest BCUT2D eigenvalue weighted by atomic mass is 35.5. The molecule has 0 saturated heterocycles. The molecule has 0 heterocycles. The zero-order valence-corrected chi connectivity index (χ0v) is 9.21. The van der Waals surface area contributed by atoms with Crippen LogP contribution >= 0.6 is 23.2 Å². The van der Waals surface area contributed by atoms with E-state index in [-0.39, 0.29) is 5.75 Å². The summed E-state index contributed by atoms with van der Waals surface area (Å²) in [6, 6.07) is 2.00. The van der Waals surface area contributed by atoms with E-state index in [4.69, 9.17) is 23.2 Å². The van der Waals surface area contributed by atoms with E-state index >= 15 is 0 Å². The summed E-state index contributed by atoms with van der Waals surface area (Å²) >= 11 is 11.4. The minimum absolute atomic E-state index is 0.252. The molecule has 1 aromatic rings. The van der Waals surface area contributed by atoms with Gasteiger partial charge in [0.15, 0.2) is 0 Å². The molecule has 13 heavy (non-hydrogen) atoms. The van der Waals surface area contributed by atoms with E-state index in [0.29, 0.717) is 11.8 Å². The van der Waals surface area contributed by atoms with Crippen molar-refractivity contribution >= 4 is 23.2 Å². The van der Waals surface area contributed by atoms with Crippen LogP contribution in [0.3, 0.4) is 0 Å². The first-order valence-corrected chi connectivity index (χ1v) is 5.11. The van der Waals surface area contributed by atoms with Gasteiger partial charge in [-0.05, 0) is 25.0 Å². The largest absolute Gasteiger partial charge is 0.507 e. The number of aryl methyl sites for hydroxylation is 2.